The summed E-state index contributed by atoms with van der Waals surface area (Å²) in [6.07, 6.45) is 1.22. The summed E-state index contributed by atoms with van der Waals surface area (Å²) in [6.45, 7) is 10.9. The van der Waals surface area contributed by atoms with Crippen molar-refractivity contribution in [3.8, 4) is 0 Å². The molecule has 3 heteroatoms. The molecule has 1 aromatic carbocycles. The zero-order valence-corrected chi connectivity index (χ0v) is 14.0. The highest BCUT2D eigenvalue weighted by atomic mass is 15.3. The SMILES string of the molecule is CC(C)c1ccc(C(CN)N2CCCN(C)CC2C)cc1. The van der Waals surface area contributed by atoms with Crippen molar-refractivity contribution in [3.63, 3.8) is 0 Å². The Bertz CT molecular complexity index is 427. The predicted molar refractivity (Wildman–Crippen MR) is 90.6 cm³/mol. The lowest BCUT2D eigenvalue weighted by molar-refractivity contribution is 0.146. The zero-order chi connectivity index (χ0) is 15.4. The summed E-state index contributed by atoms with van der Waals surface area (Å²) >= 11 is 0. The molecule has 1 aliphatic rings. The number of likely N-dealkylation sites (N-methyl/N-ethyl adjacent to an activating group) is 1. The first-order valence-corrected chi connectivity index (χ1v) is 8.27. The quantitative estimate of drug-likeness (QED) is 0.925. The number of nitrogens with two attached hydrogens (primary N) is 1. The van der Waals surface area contributed by atoms with Crippen LogP contribution in [-0.4, -0.2) is 49.1 Å². The molecule has 118 valence electrons. The van der Waals surface area contributed by atoms with Gasteiger partial charge < -0.3 is 10.6 Å². The summed E-state index contributed by atoms with van der Waals surface area (Å²) in [5.74, 6) is 0.584. The van der Waals surface area contributed by atoms with E-state index in [1.165, 1.54) is 24.1 Å². The lowest BCUT2D eigenvalue weighted by Crippen LogP contribution is -2.42. The molecular formula is C18H31N3. The monoisotopic (exact) mass is 289 g/mol. The van der Waals surface area contributed by atoms with Gasteiger partial charge in [-0.2, -0.15) is 0 Å². The molecule has 1 heterocycles. The van der Waals surface area contributed by atoms with E-state index in [1.54, 1.807) is 0 Å². The molecule has 1 aliphatic heterocycles. The Morgan fingerprint density at radius 2 is 1.76 bits per heavy atom. The van der Waals surface area contributed by atoms with Crippen molar-refractivity contribution in [3.05, 3.63) is 35.4 Å². The van der Waals surface area contributed by atoms with Crippen LogP contribution in [0, 0.1) is 0 Å². The standard InChI is InChI=1S/C18H31N3/c1-14(2)16-6-8-17(9-7-16)18(12-19)21-11-5-10-20(4)13-15(21)3/h6-9,14-15,18H,5,10-13,19H2,1-4H3. The van der Waals surface area contributed by atoms with E-state index >= 15 is 0 Å². The molecule has 2 unspecified atom stereocenters. The Balaban J connectivity index is 2.17. The van der Waals surface area contributed by atoms with Crippen LogP contribution >= 0.6 is 0 Å². The molecule has 2 atom stereocenters. The molecule has 0 saturated carbocycles. The molecule has 0 bridgehead atoms. The Morgan fingerprint density at radius 3 is 2.33 bits per heavy atom. The highest BCUT2D eigenvalue weighted by Crippen LogP contribution is 2.26. The fourth-order valence-electron chi connectivity index (χ4n) is 3.42. The topological polar surface area (TPSA) is 32.5 Å². The third-order valence-corrected chi connectivity index (χ3v) is 4.71. The van der Waals surface area contributed by atoms with Crippen molar-refractivity contribution < 1.29 is 0 Å². The van der Waals surface area contributed by atoms with E-state index in [2.05, 4.69) is 61.9 Å². The molecule has 0 aromatic heterocycles. The van der Waals surface area contributed by atoms with Crippen molar-refractivity contribution in [2.75, 3.05) is 33.2 Å². The van der Waals surface area contributed by atoms with Crippen LogP contribution in [0.25, 0.3) is 0 Å². The van der Waals surface area contributed by atoms with Gasteiger partial charge in [0.25, 0.3) is 0 Å². The fraction of sp³-hybridized carbons (Fsp3) is 0.667. The Kier molecular flexibility index (Phi) is 5.80. The molecule has 1 fully saturated rings. The summed E-state index contributed by atoms with van der Waals surface area (Å²) in [5, 5.41) is 0. The van der Waals surface area contributed by atoms with E-state index in [9.17, 15) is 0 Å². The van der Waals surface area contributed by atoms with E-state index in [1.807, 2.05) is 0 Å². The number of rotatable bonds is 4. The van der Waals surface area contributed by atoms with Crippen LogP contribution < -0.4 is 5.73 Å². The van der Waals surface area contributed by atoms with Crippen molar-refractivity contribution >= 4 is 0 Å². The van der Waals surface area contributed by atoms with E-state index in [-0.39, 0.29) is 0 Å². The third-order valence-electron chi connectivity index (χ3n) is 4.71. The maximum absolute atomic E-state index is 6.13. The molecular weight excluding hydrogens is 258 g/mol. The smallest absolute Gasteiger partial charge is 0.0473 e. The second kappa shape index (κ2) is 7.39. The zero-order valence-electron chi connectivity index (χ0n) is 14.0. The molecule has 0 amide bonds. The van der Waals surface area contributed by atoms with E-state index < -0.39 is 0 Å². The highest BCUT2D eigenvalue weighted by molar-refractivity contribution is 5.27. The second-order valence-electron chi connectivity index (χ2n) is 6.78. The van der Waals surface area contributed by atoms with Gasteiger partial charge in [0.2, 0.25) is 0 Å². The maximum atomic E-state index is 6.13. The van der Waals surface area contributed by atoms with Crippen LogP contribution in [0.3, 0.4) is 0 Å². The number of nitrogens with zero attached hydrogens (tertiary/aromatic N) is 2. The van der Waals surface area contributed by atoms with Crippen LogP contribution in [0.15, 0.2) is 24.3 Å². The second-order valence-corrected chi connectivity index (χ2v) is 6.78. The van der Waals surface area contributed by atoms with Crippen LogP contribution in [-0.2, 0) is 0 Å². The molecule has 21 heavy (non-hydrogen) atoms. The van der Waals surface area contributed by atoms with Gasteiger partial charge in [-0.25, -0.2) is 0 Å². The summed E-state index contributed by atoms with van der Waals surface area (Å²) < 4.78 is 0. The summed E-state index contributed by atoms with van der Waals surface area (Å²) in [5.41, 5.74) is 8.89. The van der Waals surface area contributed by atoms with Crippen molar-refractivity contribution in [2.24, 2.45) is 5.73 Å². The van der Waals surface area contributed by atoms with Gasteiger partial charge in [-0.05, 0) is 44.0 Å². The molecule has 0 aliphatic carbocycles. The van der Waals surface area contributed by atoms with Gasteiger partial charge in [0.1, 0.15) is 0 Å². The van der Waals surface area contributed by atoms with Crippen molar-refractivity contribution in [2.45, 2.75) is 45.2 Å². The Hall–Kier alpha value is -0.900. The molecule has 1 aromatic rings. The van der Waals surface area contributed by atoms with Gasteiger partial charge in [0.15, 0.2) is 0 Å². The molecule has 2 N–H and O–H groups in total. The summed E-state index contributed by atoms with van der Waals surface area (Å²) in [6, 6.07) is 9.96. The van der Waals surface area contributed by atoms with Gasteiger partial charge in [-0.3, -0.25) is 4.90 Å². The number of hydrogen-bond donors (Lipinski definition) is 1. The van der Waals surface area contributed by atoms with Crippen LogP contribution in [0.1, 0.15) is 50.3 Å². The van der Waals surface area contributed by atoms with E-state index in [0.29, 0.717) is 24.5 Å². The van der Waals surface area contributed by atoms with Crippen LogP contribution in [0.4, 0.5) is 0 Å². The average Bonchev–Trinajstić information content (AvgIpc) is 2.62. The minimum Gasteiger partial charge on any atom is -0.329 e. The van der Waals surface area contributed by atoms with Gasteiger partial charge in [0.05, 0.1) is 0 Å². The van der Waals surface area contributed by atoms with Gasteiger partial charge in [-0.1, -0.05) is 38.1 Å². The average molecular weight is 289 g/mol. The predicted octanol–water partition coefficient (Wildman–Crippen LogP) is 2.84. The van der Waals surface area contributed by atoms with Gasteiger partial charge in [0, 0.05) is 31.7 Å². The molecule has 2 rings (SSSR count). The first-order chi connectivity index (χ1) is 10.0. The lowest BCUT2D eigenvalue weighted by Gasteiger charge is -2.35. The van der Waals surface area contributed by atoms with Crippen LogP contribution in [0.2, 0.25) is 0 Å². The largest absolute Gasteiger partial charge is 0.329 e. The molecule has 0 radical (unpaired) electrons. The van der Waals surface area contributed by atoms with Crippen LogP contribution in [0.5, 0.6) is 0 Å². The fourth-order valence-corrected chi connectivity index (χ4v) is 3.42. The normalized spacial score (nSPS) is 23.2. The summed E-state index contributed by atoms with van der Waals surface area (Å²) in [4.78, 5) is 5.02. The van der Waals surface area contributed by atoms with E-state index in [4.69, 9.17) is 5.73 Å². The third kappa shape index (κ3) is 4.06. The van der Waals surface area contributed by atoms with Crippen molar-refractivity contribution in [1.82, 2.24) is 9.80 Å². The Morgan fingerprint density at radius 1 is 1.14 bits per heavy atom. The Labute approximate surface area is 130 Å². The minimum atomic E-state index is 0.340. The first kappa shape index (κ1) is 16.5. The molecule has 3 nitrogen and oxygen atoms in total. The minimum absolute atomic E-state index is 0.340. The molecule has 1 saturated heterocycles. The number of benzene rings is 1. The highest BCUT2D eigenvalue weighted by Gasteiger charge is 2.26. The number of hydrogen-bond acceptors (Lipinski definition) is 3. The summed E-state index contributed by atoms with van der Waals surface area (Å²) in [7, 11) is 2.22. The first-order valence-electron chi connectivity index (χ1n) is 8.27. The van der Waals surface area contributed by atoms with E-state index in [0.717, 1.165) is 13.1 Å². The van der Waals surface area contributed by atoms with Crippen molar-refractivity contribution in [1.29, 1.82) is 0 Å². The maximum Gasteiger partial charge on any atom is 0.0473 e. The lowest BCUT2D eigenvalue weighted by atomic mass is 9.97. The molecule has 0 spiro atoms. The van der Waals surface area contributed by atoms with Gasteiger partial charge in [-0.15, -0.1) is 0 Å². The van der Waals surface area contributed by atoms with Gasteiger partial charge >= 0.3 is 0 Å².